The molecule has 2 atom stereocenters. The highest BCUT2D eigenvalue weighted by molar-refractivity contribution is 5.23. The zero-order chi connectivity index (χ0) is 13.8. The Kier molecular flexibility index (Phi) is 4.91. The van der Waals surface area contributed by atoms with Crippen LogP contribution in [0.2, 0.25) is 0 Å². The van der Waals surface area contributed by atoms with E-state index in [0.29, 0.717) is 18.2 Å². The molecule has 2 rings (SSSR count). The van der Waals surface area contributed by atoms with Crippen molar-refractivity contribution in [2.45, 2.75) is 37.9 Å². The maximum atomic E-state index is 14.1. The number of nitrogens with zero attached hydrogens (tertiary/aromatic N) is 1. The molecule has 0 radical (unpaired) electrons. The summed E-state index contributed by atoms with van der Waals surface area (Å²) in [5, 5.41) is 0. The van der Waals surface area contributed by atoms with Gasteiger partial charge < -0.3 is 10.5 Å². The van der Waals surface area contributed by atoms with E-state index >= 15 is 0 Å². The summed E-state index contributed by atoms with van der Waals surface area (Å²) in [6, 6.07) is 7.25. The average Bonchev–Trinajstić information content (AvgIpc) is 3.20. The predicted octanol–water partition coefficient (Wildman–Crippen LogP) is 2.32. The van der Waals surface area contributed by atoms with E-state index in [1.54, 1.807) is 13.2 Å². The average molecular weight is 266 g/mol. The van der Waals surface area contributed by atoms with Gasteiger partial charge in [0.15, 0.2) is 0 Å². The summed E-state index contributed by atoms with van der Waals surface area (Å²) in [5.74, 6) is -0.173. The summed E-state index contributed by atoms with van der Waals surface area (Å²) >= 11 is 0. The molecule has 1 aliphatic rings. The molecule has 1 aromatic rings. The van der Waals surface area contributed by atoms with Crippen molar-refractivity contribution in [1.29, 1.82) is 0 Å². The van der Waals surface area contributed by atoms with Gasteiger partial charge in [0.25, 0.3) is 0 Å². The van der Waals surface area contributed by atoms with E-state index in [9.17, 15) is 4.39 Å². The summed E-state index contributed by atoms with van der Waals surface area (Å²) < 4.78 is 19.2. The molecule has 0 bridgehead atoms. The lowest BCUT2D eigenvalue weighted by Gasteiger charge is -2.34. The second-order valence-corrected chi connectivity index (χ2v) is 5.29. The van der Waals surface area contributed by atoms with Gasteiger partial charge in [-0.05, 0) is 25.8 Å². The van der Waals surface area contributed by atoms with Gasteiger partial charge in [0.1, 0.15) is 5.82 Å². The highest BCUT2D eigenvalue weighted by Crippen LogP contribution is 2.36. The minimum Gasteiger partial charge on any atom is -0.383 e. The number of methoxy groups -OCH3 is 1. The minimum atomic E-state index is -0.173. The highest BCUT2D eigenvalue weighted by atomic mass is 19.1. The van der Waals surface area contributed by atoms with E-state index in [2.05, 4.69) is 4.90 Å². The number of nitrogens with two attached hydrogens (primary N) is 1. The molecule has 0 amide bonds. The third-order valence-corrected chi connectivity index (χ3v) is 3.65. The molecule has 19 heavy (non-hydrogen) atoms. The zero-order valence-corrected chi connectivity index (χ0v) is 11.7. The van der Waals surface area contributed by atoms with Crippen molar-refractivity contribution in [2.75, 3.05) is 20.3 Å². The molecular formula is C15H23FN2O. The maximum absolute atomic E-state index is 14.1. The summed E-state index contributed by atoms with van der Waals surface area (Å²) in [4.78, 5) is 2.30. The number of hydrogen-bond acceptors (Lipinski definition) is 3. The second-order valence-electron chi connectivity index (χ2n) is 5.29. The molecule has 0 aromatic heterocycles. The second kappa shape index (κ2) is 6.46. The number of halogens is 1. The first-order valence-electron chi connectivity index (χ1n) is 6.90. The van der Waals surface area contributed by atoms with Gasteiger partial charge in [-0.15, -0.1) is 0 Å². The van der Waals surface area contributed by atoms with Gasteiger partial charge in [0.05, 0.1) is 12.6 Å². The van der Waals surface area contributed by atoms with Gasteiger partial charge in [0.2, 0.25) is 0 Å². The van der Waals surface area contributed by atoms with Crippen LogP contribution in [-0.4, -0.2) is 37.2 Å². The monoisotopic (exact) mass is 266 g/mol. The minimum absolute atomic E-state index is 0.0798. The normalized spacial score (nSPS) is 18.6. The van der Waals surface area contributed by atoms with E-state index in [0.717, 1.165) is 6.54 Å². The fourth-order valence-corrected chi connectivity index (χ4v) is 2.63. The zero-order valence-electron chi connectivity index (χ0n) is 11.7. The summed E-state index contributed by atoms with van der Waals surface area (Å²) in [5.41, 5.74) is 6.82. The molecule has 0 aliphatic heterocycles. The number of rotatable bonds is 7. The molecule has 1 saturated carbocycles. The van der Waals surface area contributed by atoms with Crippen LogP contribution in [-0.2, 0) is 4.74 Å². The molecule has 1 aliphatic carbocycles. The van der Waals surface area contributed by atoms with Gasteiger partial charge in [-0.2, -0.15) is 0 Å². The Hall–Kier alpha value is -0.970. The van der Waals surface area contributed by atoms with Crippen LogP contribution in [0.5, 0.6) is 0 Å². The van der Waals surface area contributed by atoms with E-state index in [1.165, 1.54) is 18.9 Å². The Bertz CT molecular complexity index is 407. The number of ether oxygens (including phenoxy) is 1. The highest BCUT2D eigenvalue weighted by Gasteiger charge is 2.36. The summed E-state index contributed by atoms with van der Waals surface area (Å²) in [6.07, 6.45) is 2.34. The Morgan fingerprint density at radius 3 is 2.63 bits per heavy atom. The van der Waals surface area contributed by atoms with Gasteiger partial charge in [0, 0.05) is 31.3 Å². The standard InChI is InChI=1S/C15H23FN2O/c1-11(17)15(13-5-3-4-6-14(13)16)18(9-10-19-2)12-7-8-12/h3-6,11-12,15H,7-10,17H2,1-2H3. The largest absolute Gasteiger partial charge is 0.383 e. The van der Waals surface area contributed by atoms with Crippen LogP contribution in [0.3, 0.4) is 0 Å². The van der Waals surface area contributed by atoms with E-state index in [4.69, 9.17) is 10.5 Å². The van der Waals surface area contributed by atoms with Crippen molar-refractivity contribution in [2.24, 2.45) is 5.73 Å². The van der Waals surface area contributed by atoms with Gasteiger partial charge >= 0.3 is 0 Å². The topological polar surface area (TPSA) is 38.5 Å². The van der Waals surface area contributed by atoms with Crippen LogP contribution in [0.25, 0.3) is 0 Å². The van der Waals surface area contributed by atoms with Crippen molar-refractivity contribution < 1.29 is 9.13 Å². The molecular weight excluding hydrogens is 243 g/mol. The molecule has 1 aromatic carbocycles. The Morgan fingerprint density at radius 1 is 1.42 bits per heavy atom. The van der Waals surface area contributed by atoms with Crippen molar-refractivity contribution >= 4 is 0 Å². The quantitative estimate of drug-likeness (QED) is 0.823. The molecule has 0 spiro atoms. The molecule has 1 fully saturated rings. The smallest absolute Gasteiger partial charge is 0.128 e. The maximum Gasteiger partial charge on any atom is 0.128 e. The fourth-order valence-electron chi connectivity index (χ4n) is 2.63. The van der Waals surface area contributed by atoms with Crippen molar-refractivity contribution in [3.05, 3.63) is 35.6 Å². The SMILES string of the molecule is COCCN(C1CC1)C(c1ccccc1F)C(C)N. The predicted molar refractivity (Wildman–Crippen MR) is 74.4 cm³/mol. The molecule has 106 valence electrons. The van der Waals surface area contributed by atoms with E-state index < -0.39 is 0 Å². The van der Waals surface area contributed by atoms with Crippen LogP contribution in [0.4, 0.5) is 4.39 Å². The van der Waals surface area contributed by atoms with Crippen molar-refractivity contribution in [1.82, 2.24) is 4.90 Å². The van der Waals surface area contributed by atoms with Crippen LogP contribution in [0, 0.1) is 5.82 Å². The van der Waals surface area contributed by atoms with Crippen molar-refractivity contribution in [3.8, 4) is 0 Å². The molecule has 3 nitrogen and oxygen atoms in total. The first-order valence-corrected chi connectivity index (χ1v) is 6.90. The van der Waals surface area contributed by atoms with Crippen LogP contribution in [0.15, 0.2) is 24.3 Å². The Morgan fingerprint density at radius 2 is 2.11 bits per heavy atom. The van der Waals surface area contributed by atoms with Gasteiger partial charge in [-0.3, -0.25) is 4.90 Å². The van der Waals surface area contributed by atoms with Crippen LogP contribution >= 0.6 is 0 Å². The lowest BCUT2D eigenvalue weighted by molar-refractivity contribution is 0.103. The molecule has 2 unspecified atom stereocenters. The Balaban J connectivity index is 2.24. The third kappa shape index (κ3) is 3.53. The fraction of sp³-hybridized carbons (Fsp3) is 0.600. The number of benzene rings is 1. The van der Waals surface area contributed by atoms with E-state index in [-0.39, 0.29) is 17.9 Å². The van der Waals surface area contributed by atoms with Gasteiger partial charge in [-0.25, -0.2) is 4.39 Å². The summed E-state index contributed by atoms with van der Waals surface area (Å²) in [6.45, 7) is 3.38. The Labute approximate surface area is 114 Å². The van der Waals surface area contributed by atoms with Gasteiger partial charge in [-0.1, -0.05) is 18.2 Å². The molecule has 0 saturated heterocycles. The van der Waals surface area contributed by atoms with Crippen molar-refractivity contribution in [3.63, 3.8) is 0 Å². The first kappa shape index (κ1) is 14.4. The molecule has 4 heteroatoms. The molecule has 0 heterocycles. The number of hydrogen-bond donors (Lipinski definition) is 1. The lowest BCUT2D eigenvalue weighted by atomic mass is 9.98. The molecule has 2 N–H and O–H groups in total. The third-order valence-electron chi connectivity index (χ3n) is 3.65. The van der Waals surface area contributed by atoms with Crippen LogP contribution < -0.4 is 5.73 Å². The van der Waals surface area contributed by atoms with Crippen LogP contribution in [0.1, 0.15) is 31.4 Å². The first-order chi connectivity index (χ1) is 9.15. The summed E-state index contributed by atoms with van der Waals surface area (Å²) in [7, 11) is 1.69. The lowest BCUT2D eigenvalue weighted by Crippen LogP contribution is -2.42. The van der Waals surface area contributed by atoms with E-state index in [1.807, 2.05) is 19.1 Å².